The summed E-state index contributed by atoms with van der Waals surface area (Å²) in [5, 5.41) is 10.3. The molecule has 0 amide bonds. The number of hydrogen-bond acceptors (Lipinski definition) is 5. The van der Waals surface area contributed by atoms with Crippen LogP contribution in [0.1, 0.15) is 19.4 Å². The predicted molar refractivity (Wildman–Crippen MR) is 72.0 cm³/mol. The lowest BCUT2D eigenvalue weighted by Gasteiger charge is -2.36. The van der Waals surface area contributed by atoms with Gasteiger partial charge in [0.1, 0.15) is 5.76 Å². The molecule has 0 radical (unpaired) electrons. The summed E-state index contributed by atoms with van der Waals surface area (Å²) >= 11 is 0. The molecule has 0 bridgehead atoms. The van der Waals surface area contributed by atoms with Gasteiger partial charge in [0.05, 0.1) is 6.61 Å². The van der Waals surface area contributed by atoms with Crippen LogP contribution in [0.5, 0.6) is 0 Å². The molecule has 1 aliphatic heterocycles. The van der Waals surface area contributed by atoms with Crippen LogP contribution in [0.15, 0.2) is 35.9 Å². The minimum atomic E-state index is -1.11. The van der Waals surface area contributed by atoms with Crippen LogP contribution in [0.2, 0.25) is 0 Å². The van der Waals surface area contributed by atoms with Gasteiger partial charge in [0.15, 0.2) is 18.2 Å². The molecular weight excluding hydrogens is 260 g/mol. The molecular formula is C15H16O5. The number of ether oxygens (including phenoxy) is 2. The summed E-state index contributed by atoms with van der Waals surface area (Å²) < 4.78 is 10.9. The molecule has 1 heterocycles. The number of hydrogen-bond donors (Lipinski definition) is 1. The second kappa shape index (κ2) is 5.56. The summed E-state index contributed by atoms with van der Waals surface area (Å²) in [7, 11) is 0. The molecule has 1 unspecified atom stereocenters. The summed E-state index contributed by atoms with van der Waals surface area (Å²) in [6, 6.07) is 8.73. The van der Waals surface area contributed by atoms with Crippen LogP contribution in [-0.2, 0) is 19.1 Å². The van der Waals surface area contributed by atoms with E-state index in [4.69, 9.17) is 9.47 Å². The van der Waals surface area contributed by atoms with Crippen molar-refractivity contribution in [3.63, 3.8) is 0 Å². The Morgan fingerprint density at radius 2 is 2.00 bits per heavy atom. The van der Waals surface area contributed by atoms with Gasteiger partial charge in [0, 0.05) is 11.1 Å². The van der Waals surface area contributed by atoms with Gasteiger partial charge in [0.2, 0.25) is 5.78 Å². The third-order valence-electron chi connectivity index (χ3n) is 3.02. The Bertz CT molecular complexity index is 545. The van der Waals surface area contributed by atoms with Crippen LogP contribution in [0.25, 0.3) is 5.76 Å². The zero-order chi connectivity index (χ0) is 14.8. The van der Waals surface area contributed by atoms with Crippen LogP contribution in [0.4, 0.5) is 0 Å². The van der Waals surface area contributed by atoms with Crippen molar-refractivity contribution >= 4 is 17.8 Å². The van der Waals surface area contributed by atoms with Gasteiger partial charge in [-0.3, -0.25) is 9.59 Å². The van der Waals surface area contributed by atoms with Gasteiger partial charge in [0.25, 0.3) is 0 Å². The average molecular weight is 276 g/mol. The first-order valence-electron chi connectivity index (χ1n) is 6.23. The molecule has 1 N–H and O–H groups in total. The number of rotatable bonds is 3. The zero-order valence-corrected chi connectivity index (χ0v) is 11.3. The topological polar surface area (TPSA) is 72.8 Å². The molecule has 0 aromatic heterocycles. The van der Waals surface area contributed by atoms with E-state index in [2.05, 4.69) is 0 Å². The van der Waals surface area contributed by atoms with Crippen molar-refractivity contribution in [1.29, 1.82) is 0 Å². The van der Waals surface area contributed by atoms with E-state index in [0.717, 1.165) is 0 Å². The standard InChI is InChI=1S/C15H16O5/c1-15(2)19-9-11(14(20-15)12(17)8-16)13(18)10-6-4-3-5-7-10/h3-8,14,18H,9H2,1-2H3. The fraction of sp³-hybridized carbons (Fsp3) is 0.333. The summed E-state index contributed by atoms with van der Waals surface area (Å²) in [4.78, 5) is 22.5. The highest BCUT2D eigenvalue weighted by Gasteiger charge is 2.38. The van der Waals surface area contributed by atoms with Gasteiger partial charge in [-0.25, -0.2) is 0 Å². The monoisotopic (exact) mass is 276 g/mol. The third kappa shape index (κ3) is 2.95. The number of ketones is 1. The Kier molecular flexibility index (Phi) is 4.01. The lowest BCUT2D eigenvalue weighted by molar-refractivity contribution is -0.247. The Labute approximate surface area is 116 Å². The van der Waals surface area contributed by atoms with Crippen LogP contribution < -0.4 is 0 Å². The quantitative estimate of drug-likeness (QED) is 0.518. The molecule has 0 aliphatic carbocycles. The SMILES string of the molecule is CC1(C)OCC(=C(O)c2ccccc2)C(C(=O)C=O)O1. The molecule has 1 atom stereocenters. The average Bonchev–Trinajstić information content (AvgIpc) is 2.45. The summed E-state index contributed by atoms with van der Waals surface area (Å²) in [5.74, 6) is -1.82. The molecule has 20 heavy (non-hydrogen) atoms. The number of carbonyl (C=O) groups is 2. The van der Waals surface area contributed by atoms with Crippen molar-refractivity contribution < 1.29 is 24.2 Å². The smallest absolute Gasteiger partial charge is 0.228 e. The van der Waals surface area contributed by atoms with E-state index in [9.17, 15) is 14.7 Å². The fourth-order valence-electron chi connectivity index (χ4n) is 1.98. The molecule has 0 spiro atoms. The zero-order valence-electron chi connectivity index (χ0n) is 11.3. The third-order valence-corrected chi connectivity index (χ3v) is 3.02. The normalized spacial score (nSPS) is 24.0. The lowest BCUT2D eigenvalue weighted by atomic mass is 10.00. The van der Waals surface area contributed by atoms with Gasteiger partial charge in [-0.2, -0.15) is 0 Å². The van der Waals surface area contributed by atoms with E-state index in [1.807, 2.05) is 6.07 Å². The van der Waals surface area contributed by atoms with E-state index in [1.165, 1.54) is 0 Å². The Hall–Kier alpha value is -1.98. The highest BCUT2D eigenvalue weighted by molar-refractivity contribution is 6.28. The first-order valence-corrected chi connectivity index (χ1v) is 6.23. The van der Waals surface area contributed by atoms with Crippen molar-refractivity contribution in [3.8, 4) is 0 Å². The second-order valence-corrected chi connectivity index (χ2v) is 4.95. The molecule has 5 heteroatoms. The number of aliphatic hydroxyl groups is 1. The maximum absolute atomic E-state index is 11.7. The van der Waals surface area contributed by atoms with Gasteiger partial charge >= 0.3 is 0 Å². The fourth-order valence-corrected chi connectivity index (χ4v) is 1.98. The summed E-state index contributed by atoms with van der Waals surface area (Å²) in [6.07, 6.45) is -0.916. The van der Waals surface area contributed by atoms with Crippen molar-refractivity contribution in [2.75, 3.05) is 6.61 Å². The molecule has 1 aromatic carbocycles. The largest absolute Gasteiger partial charge is 0.507 e. The molecule has 1 fully saturated rings. The maximum atomic E-state index is 11.7. The molecule has 5 nitrogen and oxygen atoms in total. The van der Waals surface area contributed by atoms with E-state index in [0.29, 0.717) is 5.56 Å². The minimum absolute atomic E-state index is 0.0258. The van der Waals surface area contributed by atoms with E-state index >= 15 is 0 Å². The number of benzene rings is 1. The van der Waals surface area contributed by atoms with E-state index in [1.54, 1.807) is 38.1 Å². The number of aliphatic hydroxyl groups excluding tert-OH is 1. The van der Waals surface area contributed by atoms with Crippen molar-refractivity contribution in [2.45, 2.75) is 25.7 Å². The van der Waals surface area contributed by atoms with Crippen LogP contribution >= 0.6 is 0 Å². The van der Waals surface area contributed by atoms with Gasteiger partial charge in [-0.15, -0.1) is 0 Å². The summed E-state index contributed by atoms with van der Waals surface area (Å²) in [5.41, 5.74) is 0.797. The Morgan fingerprint density at radius 1 is 1.35 bits per heavy atom. The lowest BCUT2D eigenvalue weighted by Crippen LogP contribution is -2.45. The minimum Gasteiger partial charge on any atom is -0.507 e. The predicted octanol–water partition coefficient (Wildman–Crippen LogP) is 1.88. The molecule has 106 valence electrons. The van der Waals surface area contributed by atoms with Crippen molar-refractivity contribution in [1.82, 2.24) is 0 Å². The Morgan fingerprint density at radius 3 is 2.60 bits per heavy atom. The van der Waals surface area contributed by atoms with E-state index in [-0.39, 0.29) is 24.2 Å². The number of carbonyl (C=O) groups excluding carboxylic acids is 2. The first kappa shape index (κ1) is 14.4. The van der Waals surface area contributed by atoms with Gasteiger partial charge in [-0.1, -0.05) is 30.3 Å². The van der Waals surface area contributed by atoms with Gasteiger partial charge < -0.3 is 14.6 Å². The number of aldehydes is 1. The first-order chi connectivity index (χ1) is 9.44. The summed E-state index contributed by atoms with van der Waals surface area (Å²) in [6.45, 7) is 3.32. The number of Topliss-reactive ketones (excluding diaryl/α,β-unsaturated/α-hetero) is 1. The van der Waals surface area contributed by atoms with Crippen LogP contribution in [0, 0.1) is 0 Å². The van der Waals surface area contributed by atoms with E-state index < -0.39 is 17.7 Å². The Balaban J connectivity index is 2.42. The van der Waals surface area contributed by atoms with Crippen molar-refractivity contribution in [2.24, 2.45) is 0 Å². The highest BCUT2D eigenvalue weighted by Crippen LogP contribution is 2.30. The maximum Gasteiger partial charge on any atom is 0.228 e. The highest BCUT2D eigenvalue weighted by atomic mass is 16.7. The molecule has 1 aliphatic rings. The van der Waals surface area contributed by atoms with Crippen molar-refractivity contribution in [3.05, 3.63) is 41.5 Å². The second-order valence-electron chi connectivity index (χ2n) is 4.95. The molecule has 0 saturated carbocycles. The van der Waals surface area contributed by atoms with Crippen LogP contribution in [0.3, 0.4) is 0 Å². The van der Waals surface area contributed by atoms with Crippen LogP contribution in [-0.4, -0.2) is 35.7 Å². The molecule has 2 rings (SSSR count). The molecule has 1 aromatic rings. The molecule has 1 saturated heterocycles. The van der Waals surface area contributed by atoms with Gasteiger partial charge in [-0.05, 0) is 13.8 Å².